The SMILES string of the molecule is c1ccc(-c2ccc3ccc(-c4c5ccccc5c(-c5c6ccccc6cc6oc7c(-c8ccccc8)cccc7c56)c5ccccc45)cc3c2)cc1. The van der Waals surface area contributed by atoms with E-state index in [1.807, 2.05) is 0 Å². The highest BCUT2D eigenvalue weighted by atomic mass is 16.3. The van der Waals surface area contributed by atoms with Gasteiger partial charge in [0.2, 0.25) is 0 Å². The van der Waals surface area contributed by atoms with E-state index < -0.39 is 0 Å². The number of benzene rings is 10. The summed E-state index contributed by atoms with van der Waals surface area (Å²) < 4.78 is 6.91. The van der Waals surface area contributed by atoms with Gasteiger partial charge in [-0.15, -0.1) is 0 Å². The lowest BCUT2D eigenvalue weighted by Crippen LogP contribution is -1.92. The fraction of sp³-hybridized carbons (Fsp3) is 0. The van der Waals surface area contributed by atoms with Gasteiger partial charge in [-0.05, 0) is 94.7 Å². The van der Waals surface area contributed by atoms with E-state index in [9.17, 15) is 0 Å². The van der Waals surface area contributed by atoms with Crippen LogP contribution in [0.1, 0.15) is 0 Å². The molecule has 0 unspecified atom stereocenters. The Bertz CT molecular complexity index is 3150. The lowest BCUT2D eigenvalue weighted by Gasteiger charge is -2.20. The van der Waals surface area contributed by atoms with E-state index in [1.165, 1.54) is 71.1 Å². The summed E-state index contributed by atoms with van der Waals surface area (Å²) in [7, 11) is 0. The molecule has 0 aliphatic carbocycles. The molecule has 11 rings (SSSR count). The summed E-state index contributed by atoms with van der Waals surface area (Å²) in [4.78, 5) is 0. The maximum absolute atomic E-state index is 6.91. The van der Waals surface area contributed by atoms with Crippen LogP contribution < -0.4 is 0 Å². The van der Waals surface area contributed by atoms with Gasteiger partial charge in [0.15, 0.2) is 0 Å². The van der Waals surface area contributed by atoms with Crippen LogP contribution in [-0.2, 0) is 0 Å². The van der Waals surface area contributed by atoms with Crippen LogP contribution in [0.15, 0.2) is 199 Å². The normalized spacial score (nSPS) is 11.8. The molecule has 1 nitrogen and oxygen atoms in total. The largest absolute Gasteiger partial charge is 0.455 e. The number of para-hydroxylation sites is 1. The number of hydrogen-bond acceptors (Lipinski definition) is 1. The van der Waals surface area contributed by atoms with Crippen molar-refractivity contribution in [3.8, 4) is 44.5 Å². The first-order valence-electron chi connectivity index (χ1n) is 18.3. The summed E-state index contributed by atoms with van der Waals surface area (Å²) in [5, 5.41) is 12.1. The zero-order valence-corrected chi connectivity index (χ0v) is 28.9. The molecule has 0 amide bonds. The molecule has 0 aliphatic rings. The first-order chi connectivity index (χ1) is 26.3. The van der Waals surface area contributed by atoms with Crippen LogP contribution in [0.4, 0.5) is 0 Å². The molecule has 0 radical (unpaired) electrons. The van der Waals surface area contributed by atoms with E-state index in [2.05, 4.69) is 194 Å². The summed E-state index contributed by atoms with van der Waals surface area (Å²) in [6, 6.07) is 70.4. The Hall–Kier alpha value is -6.96. The van der Waals surface area contributed by atoms with Crippen molar-refractivity contribution in [1.29, 1.82) is 0 Å². The minimum Gasteiger partial charge on any atom is -0.455 e. The van der Waals surface area contributed by atoms with Crippen molar-refractivity contribution < 1.29 is 4.42 Å². The van der Waals surface area contributed by atoms with Gasteiger partial charge in [-0.2, -0.15) is 0 Å². The standard InChI is InChI=1S/C52H32O/c1-3-14-33(15-4-1)36-28-26-34-27-29-38(31-39(34)30-36)48-42-20-9-11-22-44(42)49(45-23-12-10-21-43(45)48)51-40-19-8-7-18-37(40)32-47-50(51)46-25-13-24-41(52(46)53-47)35-16-5-2-6-17-35/h1-32H. The number of fused-ring (bicyclic) bond motifs is 7. The lowest BCUT2D eigenvalue weighted by atomic mass is 9.83. The second-order valence-corrected chi connectivity index (χ2v) is 14.0. The van der Waals surface area contributed by atoms with Crippen molar-refractivity contribution >= 4 is 65.0 Å². The second-order valence-electron chi connectivity index (χ2n) is 14.0. The third kappa shape index (κ3) is 4.64. The van der Waals surface area contributed by atoms with E-state index in [0.29, 0.717) is 0 Å². The summed E-state index contributed by atoms with van der Waals surface area (Å²) >= 11 is 0. The molecule has 11 aromatic rings. The third-order valence-corrected chi connectivity index (χ3v) is 11.0. The number of furan rings is 1. The number of rotatable bonds is 4. The molecule has 0 bridgehead atoms. The van der Waals surface area contributed by atoms with Crippen LogP contribution in [0.3, 0.4) is 0 Å². The molecule has 0 atom stereocenters. The van der Waals surface area contributed by atoms with Crippen LogP contribution in [-0.4, -0.2) is 0 Å². The molecule has 246 valence electrons. The maximum atomic E-state index is 6.91. The summed E-state index contributed by atoms with van der Waals surface area (Å²) in [5.41, 5.74) is 11.4. The van der Waals surface area contributed by atoms with Crippen molar-refractivity contribution in [2.75, 3.05) is 0 Å². The molecule has 1 heteroatoms. The van der Waals surface area contributed by atoms with Crippen LogP contribution >= 0.6 is 0 Å². The average molecular weight is 673 g/mol. The minimum absolute atomic E-state index is 0.901. The van der Waals surface area contributed by atoms with E-state index in [-0.39, 0.29) is 0 Å². The molecule has 0 aliphatic heterocycles. The Morgan fingerprint density at radius 1 is 0.283 bits per heavy atom. The van der Waals surface area contributed by atoms with Crippen molar-refractivity contribution in [2.45, 2.75) is 0 Å². The quantitative estimate of drug-likeness (QED) is 0.170. The summed E-state index contributed by atoms with van der Waals surface area (Å²) in [6.45, 7) is 0. The molecule has 0 spiro atoms. The Balaban J connectivity index is 1.24. The van der Waals surface area contributed by atoms with E-state index in [1.54, 1.807) is 0 Å². The zero-order valence-electron chi connectivity index (χ0n) is 28.9. The lowest BCUT2D eigenvalue weighted by molar-refractivity contribution is 0.670. The van der Waals surface area contributed by atoms with Gasteiger partial charge in [-0.1, -0.05) is 176 Å². The Labute approximate surface area is 307 Å². The van der Waals surface area contributed by atoms with Crippen LogP contribution in [0.2, 0.25) is 0 Å². The van der Waals surface area contributed by atoms with Gasteiger partial charge in [0.1, 0.15) is 11.2 Å². The van der Waals surface area contributed by atoms with Gasteiger partial charge in [0.05, 0.1) is 0 Å². The summed E-state index contributed by atoms with van der Waals surface area (Å²) in [6.07, 6.45) is 0. The van der Waals surface area contributed by atoms with E-state index in [4.69, 9.17) is 4.42 Å². The van der Waals surface area contributed by atoms with E-state index >= 15 is 0 Å². The van der Waals surface area contributed by atoms with Crippen LogP contribution in [0.25, 0.3) is 110 Å². The predicted molar refractivity (Wildman–Crippen MR) is 225 cm³/mol. The van der Waals surface area contributed by atoms with E-state index in [0.717, 1.165) is 38.5 Å². The fourth-order valence-electron chi connectivity index (χ4n) is 8.65. The van der Waals surface area contributed by atoms with Crippen molar-refractivity contribution in [2.24, 2.45) is 0 Å². The highest BCUT2D eigenvalue weighted by Gasteiger charge is 2.23. The highest BCUT2D eigenvalue weighted by molar-refractivity contribution is 6.30. The third-order valence-electron chi connectivity index (χ3n) is 11.0. The molecular formula is C52H32O. The molecule has 0 saturated carbocycles. The van der Waals surface area contributed by atoms with Crippen molar-refractivity contribution in [1.82, 2.24) is 0 Å². The Morgan fingerprint density at radius 2 is 0.830 bits per heavy atom. The smallest absolute Gasteiger partial charge is 0.143 e. The van der Waals surface area contributed by atoms with Crippen LogP contribution in [0, 0.1) is 0 Å². The predicted octanol–water partition coefficient (Wildman–Crippen LogP) is 14.9. The molecule has 0 fully saturated rings. The zero-order chi connectivity index (χ0) is 34.9. The first-order valence-corrected chi connectivity index (χ1v) is 18.3. The Morgan fingerprint density at radius 3 is 1.53 bits per heavy atom. The first kappa shape index (κ1) is 29.7. The highest BCUT2D eigenvalue weighted by Crippen LogP contribution is 2.50. The van der Waals surface area contributed by atoms with Gasteiger partial charge < -0.3 is 4.42 Å². The average Bonchev–Trinajstić information content (AvgIpc) is 3.60. The van der Waals surface area contributed by atoms with Crippen molar-refractivity contribution in [3.05, 3.63) is 194 Å². The van der Waals surface area contributed by atoms with Gasteiger partial charge >= 0.3 is 0 Å². The molecular weight excluding hydrogens is 641 g/mol. The van der Waals surface area contributed by atoms with Crippen molar-refractivity contribution in [3.63, 3.8) is 0 Å². The number of hydrogen-bond donors (Lipinski definition) is 0. The molecule has 0 saturated heterocycles. The van der Waals surface area contributed by atoms with Gasteiger partial charge in [0.25, 0.3) is 0 Å². The fourth-order valence-corrected chi connectivity index (χ4v) is 8.65. The van der Waals surface area contributed by atoms with Gasteiger partial charge in [-0.3, -0.25) is 0 Å². The topological polar surface area (TPSA) is 13.1 Å². The van der Waals surface area contributed by atoms with Gasteiger partial charge in [-0.25, -0.2) is 0 Å². The molecule has 53 heavy (non-hydrogen) atoms. The Kier molecular flexibility index (Phi) is 6.62. The minimum atomic E-state index is 0.901. The molecule has 10 aromatic carbocycles. The summed E-state index contributed by atoms with van der Waals surface area (Å²) in [5.74, 6) is 0. The maximum Gasteiger partial charge on any atom is 0.143 e. The molecule has 1 aromatic heterocycles. The van der Waals surface area contributed by atoms with Crippen LogP contribution in [0.5, 0.6) is 0 Å². The van der Waals surface area contributed by atoms with Gasteiger partial charge in [0, 0.05) is 21.9 Å². The monoisotopic (exact) mass is 672 g/mol. The molecule has 0 N–H and O–H groups in total. The molecule has 1 heterocycles. The second kappa shape index (κ2) is 11.8.